The van der Waals surface area contributed by atoms with Crippen LogP contribution in [-0.2, 0) is 31.5 Å². The number of carbonyl (C=O) groups is 1. The summed E-state index contributed by atoms with van der Waals surface area (Å²) in [6.45, 7) is 1.86. The predicted molar refractivity (Wildman–Crippen MR) is 136 cm³/mol. The summed E-state index contributed by atoms with van der Waals surface area (Å²) in [4.78, 5) is 33.8. The van der Waals surface area contributed by atoms with E-state index in [1.165, 1.54) is 52.5 Å². The summed E-state index contributed by atoms with van der Waals surface area (Å²) in [5.41, 5.74) is 0.326. The Bertz CT molecular complexity index is 1630. The van der Waals surface area contributed by atoms with Crippen molar-refractivity contribution in [3.8, 4) is 0 Å². The molecular weight excluding hydrogens is 524 g/mol. The van der Waals surface area contributed by atoms with E-state index in [9.17, 15) is 31.0 Å². The summed E-state index contributed by atoms with van der Waals surface area (Å²) in [5, 5.41) is 6.33. The van der Waals surface area contributed by atoms with E-state index in [-0.39, 0.29) is 34.6 Å². The zero-order chi connectivity index (χ0) is 27.0. The van der Waals surface area contributed by atoms with Gasteiger partial charge in [0.15, 0.2) is 0 Å². The second-order valence-corrected chi connectivity index (χ2v) is 12.2. The number of hydrogen-bond acceptors (Lipinski definition) is 9. The van der Waals surface area contributed by atoms with Crippen LogP contribution in [0.5, 0.6) is 0 Å². The minimum Gasteiger partial charge on any atom is -0.351 e. The van der Waals surface area contributed by atoms with Gasteiger partial charge in [0.25, 0.3) is 15.7 Å². The van der Waals surface area contributed by atoms with Crippen LogP contribution in [0.15, 0.2) is 46.2 Å². The molecule has 2 aromatic heterocycles. The van der Waals surface area contributed by atoms with Crippen molar-refractivity contribution in [1.82, 2.24) is 18.8 Å². The minimum absolute atomic E-state index is 0.0587. The quantitative estimate of drug-likeness (QED) is 0.356. The average Bonchev–Trinajstić information content (AvgIpc) is 2.80. The Balaban J connectivity index is 1.51. The molecule has 1 aliphatic rings. The van der Waals surface area contributed by atoms with Crippen molar-refractivity contribution in [3.63, 3.8) is 0 Å². The van der Waals surface area contributed by atoms with Crippen LogP contribution in [0.1, 0.15) is 18.4 Å². The lowest BCUT2D eigenvalue weighted by atomic mass is 10.1. The number of rotatable bonds is 7. The van der Waals surface area contributed by atoms with Crippen molar-refractivity contribution < 1.29 is 26.2 Å². The molecule has 0 aliphatic carbocycles. The van der Waals surface area contributed by atoms with Crippen LogP contribution in [0.4, 0.5) is 11.6 Å². The van der Waals surface area contributed by atoms with E-state index >= 15 is 0 Å². The first-order valence-corrected chi connectivity index (χ1v) is 14.6. The Kier molecular flexibility index (Phi) is 7.32. The summed E-state index contributed by atoms with van der Waals surface area (Å²) >= 11 is 0. The Labute approximate surface area is 213 Å². The van der Waals surface area contributed by atoms with E-state index in [4.69, 9.17) is 0 Å². The minimum atomic E-state index is -4.39. The molecule has 1 aliphatic heterocycles. The summed E-state index contributed by atoms with van der Waals surface area (Å²) in [6, 6.07) is 6.70. The molecule has 0 bridgehead atoms. The number of aryl methyl sites for hydroxylation is 1. The van der Waals surface area contributed by atoms with E-state index in [0.717, 1.165) is 0 Å². The molecule has 15 heteroatoms. The number of piperidine rings is 1. The highest BCUT2D eigenvalue weighted by atomic mass is 32.2. The second kappa shape index (κ2) is 10.2. The molecule has 0 unspecified atom stereocenters. The fraction of sp³-hybridized carbons (Fsp3) is 0.364. The maximum atomic E-state index is 12.7. The average molecular weight is 551 g/mol. The molecule has 0 spiro atoms. The van der Waals surface area contributed by atoms with Gasteiger partial charge in [0.1, 0.15) is 12.2 Å². The number of sulfonamides is 1. The van der Waals surface area contributed by atoms with Crippen molar-refractivity contribution in [3.05, 3.63) is 52.4 Å². The van der Waals surface area contributed by atoms with Gasteiger partial charge in [-0.2, -0.15) is 13.4 Å². The normalized spacial score (nSPS) is 15.5. The number of carbonyl (C=O) groups excluding carboxylic acids is 1. The molecule has 198 valence electrons. The molecule has 3 heterocycles. The van der Waals surface area contributed by atoms with Crippen LogP contribution in [0.25, 0.3) is 11.0 Å². The first-order chi connectivity index (χ1) is 17.3. The number of benzene rings is 1. The van der Waals surface area contributed by atoms with E-state index < -0.39 is 31.6 Å². The zero-order valence-corrected chi connectivity index (χ0v) is 21.7. The van der Waals surface area contributed by atoms with Crippen molar-refractivity contribution >= 4 is 48.7 Å². The monoisotopic (exact) mass is 550 g/mol. The van der Waals surface area contributed by atoms with E-state index in [1.807, 2.05) is 0 Å². The van der Waals surface area contributed by atoms with Crippen molar-refractivity contribution in [2.75, 3.05) is 30.0 Å². The highest BCUT2D eigenvalue weighted by molar-refractivity contribution is 7.88. The molecule has 0 radical (unpaired) electrons. The van der Waals surface area contributed by atoms with Gasteiger partial charge in [-0.05, 0) is 49.6 Å². The molecule has 1 aromatic carbocycles. The Hall–Kier alpha value is -3.40. The topological polar surface area (TPSA) is 181 Å². The predicted octanol–water partition coefficient (Wildman–Crippen LogP) is 0.821. The first-order valence-electron chi connectivity index (χ1n) is 11.3. The van der Waals surface area contributed by atoms with Crippen LogP contribution in [0, 0.1) is 6.92 Å². The van der Waals surface area contributed by atoms with Gasteiger partial charge in [0.2, 0.25) is 21.9 Å². The third kappa shape index (κ3) is 6.30. The maximum Gasteiger partial charge on any atom is 0.294 e. The number of pyridine rings is 1. The lowest BCUT2D eigenvalue weighted by molar-refractivity contribution is -0.116. The van der Waals surface area contributed by atoms with Crippen molar-refractivity contribution in [2.45, 2.75) is 37.2 Å². The zero-order valence-electron chi connectivity index (χ0n) is 20.1. The maximum absolute atomic E-state index is 12.7. The van der Waals surface area contributed by atoms with Crippen LogP contribution < -0.4 is 16.2 Å². The molecule has 37 heavy (non-hydrogen) atoms. The number of nitrogens with one attached hydrogen (secondary N) is 2. The van der Waals surface area contributed by atoms with Crippen molar-refractivity contribution in [2.24, 2.45) is 0 Å². The summed E-state index contributed by atoms with van der Waals surface area (Å²) < 4.78 is 58.1. The lowest BCUT2D eigenvalue weighted by Gasteiger charge is -2.30. The van der Waals surface area contributed by atoms with Gasteiger partial charge < -0.3 is 10.6 Å². The highest BCUT2D eigenvalue weighted by Crippen LogP contribution is 2.20. The molecule has 4 rings (SSSR count). The van der Waals surface area contributed by atoms with Gasteiger partial charge in [0, 0.05) is 42.5 Å². The Morgan fingerprint density at radius 1 is 1.14 bits per heavy atom. The van der Waals surface area contributed by atoms with Gasteiger partial charge >= 0.3 is 0 Å². The Morgan fingerprint density at radius 3 is 2.46 bits per heavy atom. The lowest BCUT2D eigenvalue weighted by Crippen LogP contribution is -2.42. The van der Waals surface area contributed by atoms with E-state index in [1.54, 1.807) is 6.07 Å². The van der Waals surface area contributed by atoms with Gasteiger partial charge in [-0.1, -0.05) is 0 Å². The van der Waals surface area contributed by atoms with E-state index in [0.29, 0.717) is 37.0 Å². The van der Waals surface area contributed by atoms with Gasteiger partial charge in [-0.3, -0.25) is 18.7 Å². The van der Waals surface area contributed by atoms with Crippen LogP contribution >= 0.6 is 0 Å². The first kappa shape index (κ1) is 26.7. The summed E-state index contributed by atoms with van der Waals surface area (Å²) in [7, 11) is -7.64. The second-order valence-electron chi connectivity index (χ2n) is 8.81. The summed E-state index contributed by atoms with van der Waals surface area (Å²) in [6.07, 6.45) is 3.84. The Morgan fingerprint density at radius 2 is 1.84 bits per heavy atom. The number of fused-ring (bicyclic) bond motifs is 1. The summed E-state index contributed by atoms with van der Waals surface area (Å²) in [5.74, 6) is -0.295. The number of anilines is 2. The molecule has 1 saturated heterocycles. The van der Waals surface area contributed by atoms with Crippen molar-refractivity contribution in [1.29, 1.82) is 0 Å². The van der Waals surface area contributed by atoms with Crippen LogP contribution in [0.2, 0.25) is 0 Å². The number of aromatic nitrogens is 3. The van der Waals surface area contributed by atoms with Gasteiger partial charge in [0.05, 0.1) is 11.2 Å². The van der Waals surface area contributed by atoms with Gasteiger partial charge in [-0.15, -0.1) is 0 Å². The van der Waals surface area contributed by atoms with Crippen LogP contribution in [0.3, 0.4) is 0 Å². The third-order valence-corrected chi connectivity index (χ3v) is 8.33. The molecule has 3 aromatic rings. The smallest absolute Gasteiger partial charge is 0.294 e. The third-order valence-electron chi connectivity index (χ3n) is 6.02. The SMILES string of the molecule is Cc1cc(NC(=O)Cn2c(=O)ccc3cnc(NC4CCN(S(C)(=O)=O)CC4)nc32)ccc1S(=O)(=O)O. The largest absolute Gasteiger partial charge is 0.351 e. The van der Waals surface area contributed by atoms with E-state index in [2.05, 4.69) is 20.6 Å². The standard InChI is InChI=1S/C22H26N6O7S2/c1-14-11-17(4-5-18(14)37(33,34)35)24-19(29)13-28-20(30)6-3-15-12-23-22(26-21(15)28)25-16-7-9-27(10-8-16)36(2,31)32/h3-6,11-12,16H,7-10,13H2,1-2H3,(H,24,29)(H,23,25,26)(H,33,34,35). The molecule has 0 saturated carbocycles. The molecule has 1 fully saturated rings. The molecule has 13 nitrogen and oxygen atoms in total. The highest BCUT2D eigenvalue weighted by Gasteiger charge is 2.25. The molecule has 3 N–H and O–H groups in total. The number of amides is 1. The number of hydrogen-bond donors (Lipinski definition) is 3. The van der Waals surface area contributed by atoms with Gasteiger partial charge in [-0.25, -0.2) is 17.7 Å². The molecule has 1 amide bonds. The van der Waals surface area contributed by atoms with Crippen LogP contribution in [-0.4, -0.2) is 71.5 Å². The molecular formula is C22H26N6O7S2. The fourth-order valence-electron chi connectivity index (χ4n) is 4.17. The number of nitrogens with zero attached hydrogens (tertiary/aromatic N) is 4. The fourth-order valence-corrected chi connectivity index (χ4v) is 5.75. The molecule has 0 atom stereocenters.